The fourth-order valence-corrected chi connectivity index (χ4v) is 2.14. The van der Waals surface area contributed by atoms with Crippen molar-refractivity contribution in [2.24, 2.45) is 0 Å². The van der Waals surface area contributed by atoms with E-state index in [1.54, 1.807) is 0 Å². The summed E-state index contributed by atoms with van der Waals surface area (Å²) in [6.07, 6.45) is 1.77. The smallest absolute Gasteiger partial charge is 0.134 e. The molecule has 0 aliphatic carbocycles. The van der Waals surface area contributed by atoms with E-state index < -0.39 is 0 Å². The first-order chi connectivity index (χ1) is 3.39. The van der Waals surface area contributed by atoms with Crippen molar-refractivity contribution in [3.8, 4) is 0 Å². The van der Waals surface area contributed by atoms with Crippen LogP contribution in [0.1, 0.15) is 12.8 Å². The third-order valence-electron chi connectivity index (χ3n) is 1.25. The Balaban J connectivity index is 2.25. The molecule has 43 valence electrons. The number of carbonyl (C=O) groups is 1. The molecule has 2 heteroatoms. The third-order valence-corrected chi connectivity index (χ3v) is 2.65. The van der Waals surface area contributed by atoms with Crippen molar-refractivity contribution in [3.63, 3.8) is 0 Å². The van der Waals surface area contributed by atoms with E-state index in [4.69, 9.17) is 0 Å². The first-order valence-corrected chi connectivity index (χ1v) is 4.36. The summed E-state index contributed by atoms with van der Waals surface area (Å²) in [7, 11) is 0. The van der Waals surface area contributed by atoms with Crippen molar-refractivity contribution in [1.82, 2.24) is 0 Å². The van der Waals surface area contributed by atoms with Gasteiger partial charge in [-0.2, -0.15) is 0 Å². The molecule has 1 saturated heterocycles. The van der Waals surface area contributed by atoms with Crippen molar-refractivity contribution in [2.45, 2.75) is 12.8 Å². The summed E-state index contributed by atoms with van der Waals surface area (Å²) >= 11 is 0.661. The van der Waals surface area contributed by atoms with E-state index in [2.05, 4.69) is 0 Å². The van der Waals surface area contributed by atoms with E-state index >= 15 is 0 Å². The number of Topliss-reactive ketones (excluding diaryl/α,β-unsaturated/α-hetero) is 1. The lowest BCUT2D eigenvalue weighted by molar-refractivity contribution is -0.118. The normalized spacial score (nSPS) is 23.7. The zero-order chi connectivity index (χ0) is 5.11. The minimum absolute atomic E-state index is 0.485. The average Bonchev–Trinajstić information content (AvgIpc) is 1.69. The Kier molecular flexibility index (Phi) is 1.74. The van der Waals surface area contributed by atoms with Crippen LogP contribution in [0.2, 0.25) is 0 Å². The van der Waals surface area contributed by atoms with E-state index in [0.717, 1.165) is 12.8 Å². The van der Waals surface area contributed by atoms with Gasteiger partial charge < -0.3 is 0 Å². The first-order valence-electron chi connectivity index (χ1n) is 2.73. The molecule has 0 saturated carbocycles. The molecule has 0 spiro atoms. The number of ketones is 1. The van der Waals surface area contributed by atoms with E-state index in [1.807, 2.05) is 0 Å². The standard InChI is InChI=1S/C5H11OS/c6-5-1-3-7-4-2-5/h1-4H2,7H3. The van der Waals surface area contributed by atoms with Gasteiger partial charge in [-0.15, -0.1) is 0 Å². The highest BCUT2D eigenvalue weighted by Gasteiger charge is 2.04. The Hall–Kier alpha value is 0.0200. The molecule has 1 heterocycles. The van der Waals surface area contributed by atoms with Gasteiger partial charge in [-0.05, 0) is 11.5 Å². The van der Waals surface area contributed by atoms with Crippen LogP contribution in [0.4, 0.5) is 0 Å². The number of rotatable bonds is 0. The van der Waals surface area contributed by atoms with Crippen LogP contribution in [0.15, 0.2) is 0 Å². The monoisotopic (exact) mass is 119 g/mol. The van der Waals surface area contributed by atoms with Gasteiger partial charge in [0.2, 0.25) is 0 Å². The average molecular weight is 119 g/mol. The van der Waals surface area contributed by atoms with Crippen LogP contribution >= 0.6 is 11.8 Å². The molecule has 1 aliphatic heterocycles. The summed E-state index contributed by atoms with van der Waals surface area (Å²) in [6.45, 7) is 0. The predicted octanol–water partition coefficient (Wildman–Crippen LogP) is 0.279. The first kappa shape index (κ1) is 5.16. The number of hydrogen-bond acceptors (Lipinski definition) is 1. The van der Waals surface area contributed by atoms with E-state index in [0.29, 0.717) is 17.5 Å². The second-order valence-electron chi connectivity index (χ2n) is 1.90. The Morgan fingerprint density at radius 1 is 1.29 bits per heavy atom. The lowest BCUT2D eigenvalue weighted by Gasteiger charge is -2.08. The van der Waals surface area contributed by atoms with E-state index in [9.17, 15) is 4.79 Å². The maximum absolute atomic E-state index is 10.5. The summed E-state index contributed by atoms with van der Waals surface area (Å²) in [5.74, 6) is 2.93. The van der Waals surface area contributed by atoms with Crippen molar-refractivity contribution in [1.29, 1.82) is 0 Å². The molecule has 0 atom stereocenters. The maximum atomic E-state index is 10.5. The van der Waals surface area contributed by atoms with Gasteiger partial charge in [0.05, 0.1) is 0 Å². The SMILES string of the molecule is O=C1CC[SH3]CC1. The summed E-state index contributed by atoms with van der Waals surface area (Å²) in [4.78, 5) is 10.5. The van der Waals surface area contributed by atoms with Crippen molar-refractivity contribution in [3.05, 3.63) is 0 Å². The van der Waals surface area contributed by atoms with Crippen LogP contribution in [0.25, 0.3) is 0 Å². The quantitative estimate of drug-likeness (QED) is 0.447. The fraction of sp³-hybridized carbons (Fsp3) is 0.800. The molecule has 0 aromatic heterocycles. The molecule has 1 aliphatic rings. The molecule has 0 unspecified atom stereocenters. The van der Waals surface area contributed by atoms with Gasteiger partial charge in [-0.3, -0.25) is 16.6 Å². The molecule has 7 heavy (non-hydrogen) atoms. The van der Waals surface area contributed by atoms with Crippen LogP contribution in [-0.4, -0.2) is 17.3 Å². The molecule has 0 N–H and O–H groups in total. The molecule has 1 rings (SSSR count). The molecule has 0 aromatic rings. The summed E-state index contributed by atoms with van der Waals surface area (Å²) in [6, 6.07) is 0. The summed E-state index contributed by atoms with van der Waals surface area (Å²) < 4.78 is 0. The van der Waals surface area contributed by atoms with Crippen LogP contribution in [0, 0.1) is 0 Å². The Morgan fingerprint density at radius 3 is 2.14 bits per heavy atom. The minimum Gasteiger partial charge on any atom is -0.300 e. The van der Waals surface area contributed by atoms with Crippen molar-refractivity contribution in [2.75, 3.05) is 11.5 Å². The van der Waals surface area contributed by atoms with Gasteiger partial charge in [0.1, 0.15) is 5.78 Å². The zero-order valence-electron chi connectivity index (χ0n) is 4.31. The van der Waals surface area contributed by atoms with Gasteiger partial charge in [0, 0.05) is 12.8 Å². The molecule has 0 bridgehead atoms. The van der Waals surface area contributed by atoms with Crippen LogP contribution in [0.5, 0.6) is 0 Å². The number of hydrogen-bond donors (Lipinski definition) is 0. The lowest BCUT2D eigenvalue weighted by Crippen LogP contribution is -2.06. The van der Waals surface area contributed by atoms with E-state index in [-0.39, 0.29) is 0 Å². The Morgan fingerprint density at radius 2 is 1.86 bits per heavy atom. The third kappa shape index (κ3) is 1.51. The summed E-state index contributed by atoms with van der Waals surface area (Å²) in [5.41, 5.74) is 0. The molecular weight excluding hydrogens is 108 g/mol. The van der Waals surface area contributed by atoms with Crippen molar-refractivity contribution < 1.29 is 4.79 Å². The molecule has 1 fully saturated rings. The second-order valence-corrected chi connectivity index (χ2v) is 3.64. The fourth-order valence-electron chi connectivity index (χ4n) is 0.795. The van der Waals surface area contributed by atoms with Crippen molar-refractivity contribution >= 4 is 17.5 Å². The van der Waals surface area contributed by atoms with Gasteiger partial charge in [0.15, 0.2) is 0 Å². The molecule has 1 nitrogen and oxygen atoms in total. The van der Waals surface area contributed by atoms with Gasteiger partial charge in [0.25, 0.3) is 0 Å². The van der Waals surface area contributed by atoms with Gasteiger partial charge in [-0.25, -0.2) is 0 Å². The highest BCUT2D eigenvalue weighted by Crippen LogP contribution is 2.12. The van der Waals surface area contributed by atoms with E-state index in [1.165, 1.54) is 11.5 Å². The highest BCUT2D eigenvalue weighted by atomic mass is 32.2. The highest BCUT2D eigenvalue weighted by molar-refractivity contribution is 7.99. The van der Waals surface area contributed by atoms with Gasteiger partial charge >= 0.3 is 0 Å². The molecular formula is C5H11OS. The number of carbonyl (C=O) groups excluding carboxylic acids is 1. The maximum Gasteiger partial charge on any atom is 0.134 e. The van der Waals surface area contributed by atoms with Gasteiger partial charge in [-0.1, -0.05) is 0 Å². The predicted molar refractivity (Wildman–Crippen MR) is 35.8 cm³/mol. The summed E-state index contributed by atoms with van der Waals surface area (Å²) in [5, 5.41) is 0. The Labute approximate surface area is 47.5 Å². The topological polar surface area (TPSA) is 17.1 Å². The minimum atomic E-state index is 0.485. The molecule has 1 radical (unpaired) electrons. The van der Waals surface area contributed by atoms with Crippen LogP contribution in [0.3, 0.4) is 0 Å². The second kappa shape index (κ2) is 2.36. The molecule has 0 aromatic carbocycles. The zero-order valence-corrected chi connectivity index (χ0v) is 5.47. The Bertz CT molecular complexity index is 72.1. The molecule has 0 amide bonds. The van der Waals surface area contributed by atoms with Crippen LogP contribution < -0.4 is 0 Å². The largest absolute Gasteiger partial charge is 0.300 e. The van der Waals surface area contributed by atoms with Crippen LogP contribution in [-0.2, 0) is 4.79 Å². The lowest BCUT2D eigenvalue weighted by atomic mass is 10.2.